The van der Waals surface area contributed by atoms with Gasteiger partial charge in [0.25, 0.3) is 11.8 Å². The third-order valence-corrected chi connectivity index (χ3v) is 7.00. The van der Waals surface area contributed by atoms with Crippen LogP contribution in [0, 0.1) is 0 Å². The molecule has 12 nitrogen and oxygen atoms in total. The maximum atomic E-state index is 13.1. The van der Waals surface area contributed by atoms with Crippen molar-refractivity contribution in [3.8, 4) is 0 Å². The van der Waals surface area contributed by atoms with E-state index >= 15 is 0 Å². The van der Waals surface area contributed by atoms with Crippen molar-refractivity contribution in [3.05, 3.63) is 34.5 Å². The van der Waals surface area contributed by atoms with Gasteiger partial charge in [0, 0.05) is 25.0 Å². The minimum absolute atomic E-state index is 0.0543. The van der Waals surface area contributed by atoms with Crippen LogP contribution in [0.3, 0.4) is 0 Å². The summed E-state index contributed by atoms with van der Waals surface area (Å²) in [6.45, 7) is 4.63. The molecule has 0 radical (unpaired) electrons. The van der Waals surface area contributed by atoms with Crippen LogP contribution in [-0.4, -0.2) is 69.9 Å². The average molecular weight is 538 g/mol. The Morgan fingerprint density at radius 1 is 1.39 bits per heavy atom. The van der Waals surface area contributed by atoms with E-state index in [0.29, 0.717) is 11.3 Å². The molecule has 14 heteroatoms. The van der Waals surface area contributed by atoms with Crippen molar-refractivity contribution in [3.63, 3.8) is 0 Å². The van der Waals surface area contributed by atoms with E-state index in [1.165, 1.54) is 37.6 Å². The molecular formula is C22H27N5O7S2. The Labute approximate surface area is 215 Å². The number of nitrogens with two attached hydrogens (primary N) is 1. The maximum absolute atomic E-state index is 13.1. The van der Waals surface area contributed by atoms with Crippen LogP contribution in [-0.2, 0) is 33.5 Å². The number of fused-ring (bicyclic) bond motifs is 1. The number of nitrogens with one attached hydrogen (secondary N) is 1. The Kier molecular flexibility index (Phi) is 9.09. The van der Waals surface area contributed by atoms with E-state index in [-0.39, 0.29) is 22.2 Å². The Bertz CT molecular complexity index is 1130. The number of β-lactam (4-membered cyclic amide) rings is 1. The predicted octanol–water partition coefficient (Wildman–Crippen LogP) is 1.54. The van der Waals surface area contributed by atoms with Crippen molar-refractivity contribution in [1.82, 2.24) is 15.2 Å². The second-order valence-corrected chi connectivity index (χ2v) is 9.70. The maximum Gasteiger partial charge on any atom is 0.358 e. The number of nitrogen functional groups attached to an aromatic ring is 1. The van der Waals surface area contributed by atoms with Crippen LogP contribution in [0.5, 0.6) is 0 Å². The molecule has 0 aromatic carbocycles. The summed E-state index contributed by atoms with van der Waals surface area (Å²) in [7, 11) is 1.28. The molecule has 3 heterocycles. The monoisotopic (exact) mass is 537 g/mol. The molecule has 3 rings (SSSR count). The van der Waals surface area contributed by atoms with Crippen LogP contribution in [0.15, 0.2) is 34.0 Å². The van der Waals surface area contributed by atoms with E-state index in [0.717, 1.165) is 24.2 Å². The van der Waals surface area contributed by atoms with Crippen molar-refractivity contribution in [2.75, 3.05) is 18.6 Å². The molecular weight excluding hydrogens is 510 g/mol. The van der Waals surface area contributed by atoms with Gasteiger partial charge in [0.1, 0.15) is 29.9 Å². The van der Waals surface area contributed by atoms with Crippen LogP contribution in [0.4, 0.5) is 5.13 Å². The quantitative estimate of drug-likeness (QED) is 0.147. The van der Waals surface area contributed by atoms with Crippen molar-refractivity contribution in [1.29, 1.82) is 0 Å². The van der Waals surface area contributed by atoms with Crippen molar-refractivity contribution >= 4 is 57.7 Å². The number of esters is 2. The van der Waals surface area contributed by atoms with Gasteiger partial charge < -0.3 is 25.4 Å². The number of carbonyl (C=O) groups excluding carboxylic acids is 4. The molecule has 36 heavy (non-hydrogen) atoms. The largest absolute Gasteiger partial charge is 0.426 e. The normalized spacial score (nSPS) is 20.5. The molecule has 0 saturated carbocycles. The number of ether oxygens (including phenoxy) is 2. The highest BCUT2D eigenvalue weighted by atomic mass is 32.2. The number of hydrogen-bond acceptors (Lipinski definition) is 12. The molecule has 1 aromatic rings. The van der Waals surface area contributed by atoms with E-state index in [1.807, 2.05) is 13.0 Å². The summed E-state index contributed by atoms with van der Waals surface area (Å²) < 4.78 is 10.2. The molecule has 2 unspecified atom stereocenters. The second-order valence-electron chi connectivity index (χ2n) is 7.70. The van der Waals surface area contributed by atoms with Gasteiger partial charge >= 0.3 is 11.9 Å². The molecule has 3 N–H and O–H groups in total. The number of carbonyl (C=O) groups is 4. The molecule has 194 valence electrons. The number of allylic oxidation sites excluding steroid dienone is 2. The molecule has 0 spiro atoms. The third kappa shape index (κ3) is 6.05. The molecule has 2 aliphatic rings. The van der Waals surface area contributed by atoms with Gasteiger partial charge in [0.15, 0.2) is 10.8 Å². The van der Waals surface area contributed by atoms with E-state index < -0.39 is 41.5 Å². The zero-order valence-corrected chi connectivity index (χ0v) is 21.8. The van der Waals surface area contributed by atoms with Crippen LogP contribution in [0.1, 0.15) is 39.3 Å². The predicted molar refractivity (Wildman–Crippen MR) is 133 cm³/mol. The summed E-state index contributed by atoms with van der Waals surface area (Å²) in [6.07, 6.45) is 4.26. The molecule has 0 aliphatic carbocycles. The Hall–Kier alpha value is -3.39. The van der Waals surface area contributed by atoms with Crippen LogP contribution >= 0.6 is 23.1 Å². The van der Waals surface area contributed by atoms with Gasteiger partial charge in [0.05, 0.1) is 0 Å². The SMILES string of the molecule is CCC/C=C\C1=C(C(=O)OC(C)OC(C)=O)N2C(=O)C(NC(=O)/C(=N\OC)c3csc(N)n3)[C@@H]2SC1. The van der Waals surface area contributed by atoms with E-state index in [9.17, 15) is 19.2 Å². The third-order valence-electron chi connectivity index (χ3n) is 5.02. The minimum atomic E-state index is -1.14. The van der Waals surface area contributed by atoms with Crippen molar-refractivity contribution in [2.45, 2.75) is 51.3 Å². The molecule has 2 aliphatic heterocycles. The zero-order chi connectivity index (χ0) is 26.4. The first-order valence-corrected chi connectivity index (χ1v) is 13.0. The summed E-state index contributed by atoms with van der Waals surface area (Å²) in [5, 5.41) is 7.62. The van der Waals surface area contributed by atoms with Gasteiger partial charge in [-0.05, 0) is 12.0 Å². The molecule has 2 amide bonds. The first-order valence-electron chi connectivity index (χ1n) is 11.0. The first-order chi connectivity index (χ1) is 17.2. The number of rotatable bonds is 10. The standard InChI is InChI=1S/C22H27N5O7S2/c1-5-6-7-8-13-9-35-20-16(25-18(29)15(26-32-4)14-10-36-22(23)24-14)19(30)27(20)17(13)21(31)34-12(3)33-11(2)28/h7-8,10,12,16,20H,5-6,9H2,1-4H3,(H2,23,24)(H,25,29)/b8-7-,26-15-/t12?,16?,20-/m0/s1. The molecule has 3 atom stereocenters. The number of oxime groups is 1. The lowest BCUT2D eigenvalue weighted by atomic mass is 10.0. The summed E-state index contributed by atoms with van der Waals surface area (Å²) in [6, 6.07) is -0.921. The number of nitrogens with zero attached hydrogens (tertiary/aromatic N) is 3. The van der Waals surface area contributed by atoms with Gasteiger partial charge in [-0.1, -0.05) is 30.7 Å². The van der Waals surface area contributed by atoms with Gasteiger partial charge in [-0.2, -0.15) is 0 Å². The number of thiazole rings is 1. The fraction of sp³-hybridized carbons (Fsp3) is 0.455. The highest BCUT2D eigenvalue weighted by Gasteiger charge is 2.54. The average Bonchev–Trinajstić information content (AvgIpc) is 3.25. The topological polar surface area (TPSA) is 163 Å². The lowest BCUT2D eigenvalue weighted by molar-refractivity contribution is -0.182. The lowest BCUT2D eigenvalue weighted by Gasteiger charge is -2.49. The van der Waals surface area contributed by atoms with Crippen LogP contribution in [0.25, 0.3) is 0 Å². The Morgan fingerprint density at radius 2 is 2.14 bits per heavy atom. The van der Waals surface area contributed by atoms with E-state index in [2.05, 4.69) is 15.5 Å². The van der Waals surface area contributed by atoms with Crippen LogP contribution < -0.4 is 11.1 Å². The lowest BCUT2D eigenvalue weighted by Crippen LogP contribution is -2.71. The number of amides is 2. The highest BCUT2D eigenvalue weighted by molar-refractivity contribution is 8.00. The van der Waals surface area contributed by atoms with Gasteiger partial charge in [-0.15, -0.1) is 23.1 Å². The molecule has 1 aromatic heterocycles. The van der Waals surface area contributed by atoms with Crippen LogP contribution in [0.2, 0.25) is 0 Å². The van der Waals surface area contributed by atoms with Gasteiger partial charge in [-0.25, -0.2) is 9.78 Å². The second kappa shape index (κ2) is 12.0. The molecule has 0 bridgehead atoms. The number of hydrogen-bond donors (Lipinski definition) is 2. The number of unbranched alkanes of at least 4 members (excludes halogenated alkanes) is 1. The summed E-state index contributed by atoms with van der Waals surface area (Å²) in [4.78, 5) is 60.4. The Balaban J connectivity index is 1.82. The van der Waals surface area contributed by atoms with Gasteiger partial charge in [0.2, 0.25) is 6.29 Å². The summed E-state index contributed by atoms with van der Waals surface area (Å²) in [5.41, 5.74) is 6.39. The first kappa shape index (κ1) is 27.2. The summed E-state index contributed by atoms with van der Waals surface area (Å²) >= 11 is 2.52. The number of aromatic nitrogens is 1. The molecule has 1 fully saturated rings. The molecule has 1 saturated heterocycles. The van der Waals surface area contributed by atoms with E-state index in [4.69, 9.17) is 20.0 Å². The fourth-order valence-electron chi connectivity index (χ4n) is 3.52. The Morgan fingerprint density at radius 3 is 2.75 bits per heavy atom. The van der Waals surface area contributed by atoms with Crippen molar-refractivity contribution < 1.29 is 33.5 Å². The summed E-state index contributed by atoms with van der Waals surface area (Å²) in [5.74, 6) is -2.19. The van der Waals surface area contributed by atoms with Gasteiger partial charge in [-0.3, -0.25) is 19.3 Å². The minimum Gasteiger partial charge on any atom is -0.426 e. The zero-order valence-electron chi connectivity index (χ0n) is 20.2. The highest BCUT2D eigenvalue weighted by Crippen LogP contribution is 2.41. The number of anilines is 1. The van der Waals surface area contributed by atoms with Crippen molar-refractivity contribution in [2.24, 2.45) is 5.16 Å². The van der Waals surface area contributed by atoms with E-state index in [1.54, 1.807) is 11.5 Å². The fourth-order valence-corrected chi connectivity index (χ4v) is 5.38. The number of thioether (sulfide) groups is 1. The smallest absolute Gasteiger partial charge is 0.358 e.